The molecule has 29 heavy (non-hydrogen) atoms. The monoisotopic (exact) mass is 404 g/mol. The number of benzene rings is 3. The summed E-state index contributed by atoms with van der Waals surface area (Å²) in [5, 5.41) is 1.07. The molecule has 0 fully saturated rings. The van der Waals surface area contributed by atoms with Crippen LogP contribution in [0.25, 0.3) is 31.7 Å². The van der Waals surface area contributed by atoms with Crippen LogP contribution in [0.5, 0.6) is 17.2 Å². The van der Waals surface area contributed by atoms with E-state index in [1.807, 2.05) is 48.5 Å². The van der Waals surface area contributed by atoms with E-state index in [0.29, 0.717) is 11.3 Å². The predicted octanol–water partition coefficient (Wildman–Crippen LogP) is 6.07. The van der Waals surface area contributed by atoms with Crippen LogP contribution in [0.4, 0.5) is 0 Å². The Bertz CT molecular complexity index is 1180. The standard InChI is InChI=1S/C24H20O4S/c1-26-17-7-4-15(5-8-17)24-23(20-11-10-19(28-3)13-22(20)29-24)21-12-18(27-2)9-6-16(21)14-25/h4-14H,1-3H3. The normalized spacial score (nSPS) is 10.7. The topological polar surface area (TPSA) is 44.8 Å². The first-order valence-electron chi connectivity index (χ1n) is 9.07. The molecule has 0 aliphatic rings. The fourth-order valence-corrected chi connectivity index (χ4v) is 4.65. The number of aldehydes is 1. The van der Waals surface area contributed by atoms with Crippen molar-refractivity contribution >= 4 is 27.7 Å². The van der Waals surface area contributed by atoms with E-state index in [4.69, 9.17) is 14.2 Å². The Labute approximate surface area is 173 Å². The van der Waals surface area contributed by atoms with Gasteiger partial charge in [-0.15, -0.1) is 11.3 Å². The average molecular weight is 404 g/mol. The molecule has 0 aliphatic heterocycles. The van der Waals surface area contributed by atoms with Crippen molar-refractivity contribution in [3.63, 3.8) is 0 Å². The minimum Gasteiger partial charge on any atom is -0.497 e. The Balaban J connectivity index is 2.04. The fraction of sp³-hybridized carbons (Fsp3) is 0.125. The number of rotatable bonds is 6. The molecule has 0 saturated heterocycles. The molecule has 5 heteroatoms. The van der Waals surface area contributed by atoms with Crippen LogP contribution in [0.1, 0.15) is 10.4 Å². The maximum absolute atomic E-state index is 11.8. The van der Waals surface area contributed by atoms with Gasteiger partial charge in [-0.2, -0.15) is 0 Å². The molecule has 0 N–H and O–H groups in total. The van der Waals surface area contributed by atoms with Gasteiger partial charge in [0.15, 0.2) is 6.29 Å². The van der Waals surface area contributed by atoms with Crippen molar-refractivity contribution in [2.75, 3.05) is 21.3 Å². The van der Waals surface area contributed by atoms with Gasteiger partial charge in [0.1, 0.15) is 17.2 Å². The molecule has 3 aromatic carbocycles. The van der Waals surface area contributed by atoms with Crippen molar-refractivity contribution in [3.8, 4) is 38.8 Å². The van der Waals surface area contributed by atoms with E-state index in [-0.39, 0.29) is 0 Å². The van der Waals surface area contributed by atoms with Crippen LogP contribution in [0.3, 0.4) is 0 Å². The highest BCUT2D eigenvalue weighted by Gasteiger charge is 2.19. The second-order valence-electron chi connectivity index (χ2n) is 6.47. The Morgan fingerprint density at radius 2 is 1.38 bits per heavy atom. The van der Waals surface area contributed by atoms with Gasteiger partial charge in [-0.05, 0) is 71.8 Å². The molecule has 4 rings (SSSR count). The van der Waals surface area contributed by atoms with E-state index in [1.54, 1.807) is 44.8 Å². The molecule has 0 atom stereocenters. The second-order valence-corrected chi connectivity index (χ2v) is 7.52. The highest BCUT2D eigenvalue weighted by Crippen LogP contribution is 2.47. The fourth-order valence-electron chi connectivity index (χ4n) is 3.40. The molecular weight excluding hydrogens is 384 g/mol. The van der Waals surface area contributed by atoms with Crippen molar-refractivity contribution in [1.82, 2.24) is 0 Å². The van der Waals surface area contributed by atoms with Crippen LogP contribution < -0.4 is 14.2 Å². The van der Waals surface area contributed by atoms with Crippen molar-refractivity contribution in [2.45, 2.75) is 0 Å². The molecule has 4 aromatic rings. The molecule has 0 radical (unpaired) electrons. The highest BCUT2D eigenvalue weighted by atomic mass is 32.1. The van der Waals surface area contributed by atoms with E-state index >= 15 is 0 Å². The van der Waals surface area contributed by atoms with Gasteiger partial charge < -0.3 is 14.2 Å². The third kappa shape index (κ3) is 3.45. The Kier molecular flexibility index (Phi) is 5.23. The first kappa shape index (κ1) is 19.0. The van der Waals surface area contributed by atoms with Crippen molar-refractivity contribution in [2.24, 2.45) is 0 Å². The third-order valence-corrected chi connectivity index (χ3v) is 6.11. The number of hydrogen-bond acceptors (Lipinski definition) is 5. The van der Waals surface area contributed by atoms with Crippen LogP contribution in [0.2, 0.25) is 0 Å². The van der Waals surface area contributed by atoms with E-state index in [1.165, 1.54) is 0 Å². The Morgan fingerprint density at radius 3 is 2.03 bits per heavy atom. The summed E-state index contributed by atoms with van der Waals surface area (Å²) < 4.78 is 17.2. The quantitative estimate of drug-likeness (QED) is 0.366. The molecule has 0 amide bonds. The zero-order valence-corrected chi connectivity index (χ0v) is 17.2. The van der Waals surface area contributed by atoms with Gasteiger partial charge in [-0.3, -0.25) is 4.79 Å². The van der Waals surface area contributed by atoms with Crippen molar-refractivity contribution in [1.29, 1.82) is 0 Å². The number of hydrogen-bond donors (Lipinski definition) is 0. The lowest BCUT2D eigenvalue weighted by Crippen LogP contribution is -1.91. The summed E-state index contributed by atoms with van der Waals surface area (Å²) in [6, 6.07) is 19.5. The number of carbonyl (C=O) groups is 1. The molecule has 1 heterocycles. The molecular formula is C24H20O4S. The number of ether oxygens (including phenoxy) is 3. The maximum atomic E-state index is 11.8. The van der Waals surface area contributed by atoms with Crippen molar-refractivity contribution < 1.29 is 19.0 Å². The highest BCUT2D eigenvalue weighted by molar-refractivity contribution is 7.23. The van der Waals surface area contributed by atoms with Gasteiger partial charge in [-0.25, -0.2) is 0 Å². The first-order chi connectivity index (χ1) is 14.2. The number of methoxy groups -OCH3 is 3. The number of carbonyl (C=O) groups excluding carboxylic acids is 1. The lowest BCUT2D eigenvalue weighted by atomic mass is 9.95. The summed E-state index contributed by atoms with van der Waals surface area (Å²) in [5.41, 5.74) is 3.54. The van der Waals surface area contributed by atoms with Gasteiger partial charge in [0.25, 0.3) is 0 Å². The maximum Gasteiger partial charge on any atom is 0.150 e. The zero-order valence-electron chi connectivity index (χ0n) is 16.4. The molecule has 146 valence electrons. The van der Waals surface area contributed by atoms with Gasteiger partial charge in [0, 0.05) is 26.1 Å². The first-order valence-corrected chi connectivity index (χ1v) is 9.88. The largest absolute Gasteiger partial charge is 0.497 e. The molecule has 0 unspecified atom stereocenters. The van der Waals surface area contributed by atoms with Crippen LogP contribution in [0.15, 0.2) is 60.7 Å². The van der Waals surface area contributed by atoms with Crippen LogP contribution in [-0.2, 0) is 0 Å². The minimum atomic E-state index is 0.621. The number of thiophene rings is 1. The SMILES string of the molecule is COc1ccc(-c2sc3cc(OC)ccc3c2-c2cc(OC)ccc2C=O)cc1. The summed E-state index contributed by atoms with van der Waals surface area (Å²) in [4.78, 5) is 12.9. The van der Waals surface area contributed by atoms with E-state index in [9.17, 15) is 4.79 Å². The second kappa shape index (κ2) is 7.97. The Hall–Kier alpha value is -3.31. The molecule has 0 aliphatic carbocycles. The van der Waals surface area contributed by atoms with Gasteiger partial charge in [-0.1, -0.05) is 0 Å². The summed E-state index contributed by atoms with van der Waals surface area (Å²) >= 11 is 1.67. The van der Waals surface area contributed by atoms with E-state index < -0.39 is 0 Å². The lowest BCUT2D eigenvalue weighted by molar-refractivity contribution is 0.112. The van der Waals surface area contributed by atoms with E-state index in [2.05, 4.69) is 0 Å². The number of fused-ring (bicyclic) bond motifs is 1. The summed E-state index contributed by atoms with van der Waals surface area (Å²) in [5.74, 6) is 2.31. The van der Waals surface area contributed by atoms with Crippen molar-refractivity contribution in [3.05, 3.63) is 66.2 Å². The lowest BCUT2D eigenvalue weighted by Gasteiger charge is -2.11. The van der Waals surface area contributed by atoms with Crippen LogP contribution >= 0.6 is 11.3 Å². The van der Waals surface area contributed by atoms with Crippen LogP contribution in [0, 0.1) is 0 Å². The molecule has 0 bridgehead atoms. The predicted molar refractivity (Wildman–Crippen MR) is 118 cm³/mol. The summed E-state index contributed by atoms with van der Waals surface area (Å²) in [6.45, 7) is 0. The molecule has 0 saturated carbocycles. The van der Waals surface area contributed by atoms with Gasteiger partial charge in [0.05, 0.1) is 21.3 Å². The van der Waals surface area contributed by atoms with E-state index in [0.717, 1.165) is 49.4 Å². The molecule has 4 nitrogen and oxygen atoms in total. The van der Waals surface area contributed by atoms with Crippen LogP contribution in [-0.4, -0.2) is 27.6 Å². The third-order valence-electron chi connectivity index (χ3n) is 4.91. The summed E-state index contributed by atoms with van der Waals surface area (Å²) in [6.07, 6.45) is 0.888. The average Bonchev–Trinajstić information content (AvgIpc) is 3.17. The smallest absolute Gasteiger partial charge is 0.150 e. The molecule has 1 aromatic heterocycles. The van der Waals surface area contributed by atoms with Gasteiger partial charge >= 0.3 is 0 Å². The van der Waals surface area contributed by atoms with Gasteiger partial charge in [0.2, 0.25) is 0 Å². The minimum absolute atomic E-state index is 0.621. The zero-order chi connectivity index (χ0) is 20.4. The Morgan fingerprint density at radius 1 is 0.759 bits per heavy atom. The summed E-state index contributed by atoms with van der Waals surface area (Å²) in [7, 11) is 4.94. The molecule has 0 spiro atoms.